The van der Waals surface area contributed by atoms with Crippen LogP contribution in [0.3, 0.4) is 0 Å². The molecule has 0 aliphatic heterocycles. The van der Waals surface area contributed by atoms with Crippen LogP contribution in [0.5, 0.6) is 0 Å². The van der Waals surface area contributed by atoms with Gasteiger partial charge in [0.1, 0.15) is 0 Å². The Bertz CT molecular complexity index is 342. The van der Waals surface area contributed by atoms with Gasteiger partial charge in [0.25, 0.3) is 0 Å². The molecule has 0 aliphatic rings. The van der Waals surface area contributed by atoms with Gasteiger partial charge >= 0.3 is 0 Å². The highest BCUT2D eigenvalue weighted by molar-refractivity contribution is 7.37. The van der Waals surface area contributed by atoms with Gasteiger partial charge < -0.3 is 4.89 Å². The van der Waals surface area contributed by atoms with Crippen molar-refractivity contribution in [2.24, 2.45) is 0 Å². The van der Waals surface area contributed by atoms with E-state index in [1.54, 1.807) is 12.1 Å². The maximum atomic E-state index is 10.4. The third-order valence-electron chi connectivity index (χ3n) is 1.84. The third kappa shape index (κ3) is 4.02. The quantitative estimate of drug-likeness (QED) is 0.835. The second-order valence-electron chi connectivity index (χ2n) is 3.00. The van der Waals surface area contributed by atoms with Crippen LogP contribution >= 0.6 is 31.2 Å². The van der Waals surface area contributed by atoms with Crippen LogP contribution in [0.2, 0.25) is 10.0 Å². The number of benzene rings is 1. The van der Waals surface area contributed by atoms with Gasteiger partial charge in [0.2, 0.25) is 0 Å². The normalized spacial score (nSPS) is 12.8. The molecule has 1 atom stereocenters. The lowest BCUT2D eigenvalue weighted by atomic mass is 10.1. The molecule has 1 aromatic rings. The van der Waals surface area contributed by atoms with E-state index in [2.05, 4.69) is 0 Å². The highest BCUT2D eigenvalue weighted by atomic mass is 35.5. The van der Waals surface area contributed by atoms with Crippen molar-refractivity contribution in [3.8, 4) is 0 Å². The molecule has 0 saturated heterocycles. The minimum atomic E-state index is -2.33. The number of aryl methyl sites for hydroxylation is 1. The van der Waals surface area contributed by atoms with Gasteiger partial charge in [0.05, 0.1) is 10.0 Å². The molecule has 78 valence electrons. The van der Waals surface area contributed by atoms with Crippen molar-refractivity contribution < 1.29 is 9.46 Å². The molecule has 1 unspecified atom stereocenters. The largest absolute Gasteiger partial charge is 0.346 e. The summed E-state index contributed by atoms with van der Waals surface area (Å²) in [7, 11) is -2.33. The van der Waals surface area contributed by atoms with Crippen molar-refractivity contribution in [1.29, 1.82) is 0 Å². The van der Waals surface area contributed by atoms with E-state index in [1.807, 2.05) is 6.07 Å². The summed E-state index contributed by atoms with van der Waals surface area (Å²) >= 11 is 11.6. The summed E-state index contributed by atoms with van der Waals surface area (Å²) in [5, 5.41) is 1.06. The van der Waals surface area contributed by atoms with E-state index in [4.69, 9.17) is 28.1 Å². The molecule has 0 fully saturated rings. The first-order valence-electron chi connectivity index (χ1n) is 4.25. The van der Waals surface area contributed by atoms with Gasteiger partial charge in [-0.25, -0.2) is 0 Å². The van der Waals surface area contributed by atoms with E-state index < -0.39 is 8.03 Å². The van der Waals surface area contributed by atoms with Gasteiger partial charge in [-0.15, -0.1) is 0 Å². The summed E-state index contributed by atoms with van der Waals surface area (Å²) in [6, 6.07) is 5.41. The zero-order valence-corrected chi connectivity index (χ0v) is 9.98. The molecule has 2 nitrogen and oxygen atoms in total. The first-order valence-corrected chi connectivity index (χ1v) is 6.57. The molecule has 5 heteroatoms. The molecule has 0 bridgehead atoms. The Balaban J connectivity index is 2.51. The lowest BCUT2D eigenvalue weighted by Gasteiger charge is -2.01. The Morgan fingerprint density at radius 3 is 2.57 bits per heavy atom. The Morgan fingerprint density at radius 2 is 2.00 bits per heavy atom. The first kappa shape index (κ1) is 12.1. The fourth-order valence-electron chi connectivity index (χ4n) is 1.14. The Kier molecular flexibility index (Phi) is 4.97. The van der Waals surface area contributed by atoms with E-state index in [9.17, 15) is 4.57 Å². The third-order valence-corrected chi connectivity index (χ3v) is 3.36. The lowest BCUT2D eigenvalue weighted by Crippen LogP contribution is -1.87. The van der Waals surface area contributed by atoms with Crippen LogP contribution in [0.25, 0.3) is 0 Å². The molecule has 14 heavy (non-hydrogen) atoms. The van der Waals surface area contributed by atoms with Crippen LogP contribution in [0, 0.1) is 0 Å². The van der Waals surface area contributed by atoms with Crippen molar-refractivity contribution in [2.45, 2.75) is 12.8 Å². The molecular formula is C9H11Cl2O2P. The average molecular weight is 253 g/mol. The molecule has 0 spiro atoms. The zero-order valence-electron chi connectivity index (χ0n) is 7.46. The number of hydrogen-bond acceptors (Lipinski definition) is 1. The molecule has 1 aromatic carbocycles. The molecule has 0 heterocycles. The van der Waals surface area contributed by atoms with Crippen molar-refractivity contribution >= 4 is 31.2 Å². The SMILES string of the molecule is O=[PH](O)CCCc1ccc(Cl)c(Cl)c1. The van der Waals surface area contributed by atoms with E-state index in [0.29, 0.717) is 22.6 Å². The van der Waals surface area contributed by atoms with Crippen molar-refractivity contribution in [3.63, 3.8) is 0 Å². The summed E-state index contributed by atoms with van der Waals surface area (Å²) in [5.74, 6) is 0. The summed E-state index contributed by atoms with van der Waals surface area (Å²) in [5.41, 5.74) is 1.04. The van der Waals surface area contributed by atoms with Gasteiger partial charge in [-0.05, 0) is 30.5 Å². The average Bonchev–Trinajstić information content (AvgIpc) is 2.10. The zero-order chi connectivity index (χ0) is 10.6. The monoisotopic (exact) mass is 252 g/mol. The van der Waals surface area contributed by atoms with Gasteiger partial charge in [-0.3, -0.25) is 4.57 Å². The molecule has 0 amide bonds. The molecule has 1 rings (SSSR count). The Hall–Kier alpha value is -0.0100. The van der Waals surface area contributed by atoms with Crippen molar-refractivity contribution in [3.05, 3.63) is 33.8 Å². The number of hydrogen-bond donors (Lipinski definition) is 1. The van der Waals surface area contributed by atoms with E-state index >= 15 is 0 Å². The van der Waals surface area contributed by atoms with E-state index in [0.717, 1.165) is 12.0 Å². The van der Waals surface area contributed by atoms with Crippen LogP contribution in [-0.4, -0.2) is 11.1 Å². The molecule has 0 radical (unpaired) electrons. The van der Waals surface area contributed by atoms with Gasteiger partial charge in [0.15, 0.2) is 8.03 Å². The van der Waals surface area contributed by atoms with Gasteiger partial charge in [0, 0.05) is 6.16 Å². The first-order chi connectivity index (χ1) is 6.59. The fourth-order valence-corrected chi connectivity index (χ4v) is 1.94. The van der Waals surface area contributed by atoms with Crippen LogP contribution < -0.4 is 0 Å². The summed E-state index contributed by atoms with van der Waals surface area (Å²) < 4.78 is 10.4. The van der Waals surface area contributed by atoms with Crippen LogP contribution in [0.15, 0.2) is 18.2 Å². The van der Waals surface area contributed by atoms with E-state index in [1.165, 1.54) is 0 Å². The smallest absolute Gasteiger partial charge is 0.189 e. The topological polar surface area (TPSA) is 37.3 Å². The standard InChI is InChI=1S/C9H11Cl2O2P/c10-8-4-3-7(6-9(8)11)2-1-5-14(12)13/h3-4,6,14H,1-2,5H2,(H,12,13). The molecule has 1 N–H and O–H groups in total. The van der Waals surface area contributed by atoms with Crippen LogP contribution in [0.1, 0.15) is 12.0 Å². The number of halogens is 2. The Morgan fingerprint density at radius 1 is 1.29 bits per heavy atom. The minimum absolute atomic E-state index is 0.366. The summed E-state index contributed by atoms with van der Waals surface area (Å²) in [6.45, 7) is 0. The molecular weight excluding hydrogens is 242 g/mol. The Labute approximate surface area is 93.7 Å². The molecule has 0 aromatic heterocycles. The second kappa shape index (κ2) is 5.77. The molecule has 0 saturated carbocycles. The number of rotatable bonds is 4. The predicted molar refractivity (Wildman–Crippen MR) is 60.9 cm³/mol. The van der Waals surface area contributed by atoms with Gasteiger partial charge in [-0.1, -0.05) is 29.3 Å². The summed E-state index contributed by atoms with van der Waals surface area (Å²) in [4.78, 5) is 8.63. The lowest BCUT2D eigenvalue weighted by molar-refractivity contribution is 0.501. The maximum Gasteiger partial charge on any atom is 0.189 e. The molecule has 0 aliphatic carbocycles. The maximum absolute atomic E-state index is 10.4. The summed E-state index contributed by atoms with van der Waals surface area (Å²) in [6.07, 6.45) is 1.82. The highest BCUT2D eigenvalue weighted by Gasteiger charge is 2.00. The van der Waals surface area contributed by atoms with E-state index in [-0.39, 0.29) is 0 Å². The van der Waals surface area contributed by atoms with Gasteiger partial charge in [-0.2, -0.15) is 0 Å². The predicted octanol–water partition coefficient (Wildman–Crippen LogP) is 3.39. The van der Waals surface area contributed by atoms with Crippen LogP contribution in [-0.2, 0) is 11.0 Å². The van der Waals surface area contributed by atoms with Crippen LogP contribution in [0.4, 0.5) is 0 Å². The van der Waals surface area contributed by atoms with Crippen molar-refractivity contribution in [2.75, 3.05) is 6.16 Å². The fraction of sp³-hybridized carbons (Fsp3) is 0.333. The highest BCUT2D eigenvalue weighted by Crippen LogP contribution is 2.24. The second-order valence-corrected chi connectivity index (χ2v) is 5.10. The van der Waals surface area contributed by atoms with Crippen molar-refractivity contribution in [1.82, 2.24) is 0 Å². The minimum Gasteiger partial charge on any atom is -0.346 e.